The largest absolute Gasteiger partial charge is 0.478 e. The number of anilines is 1. The molecule has 1 aromatic heterocycles. The summed E-state index contributed by atoms with van der Waals surface area (Å²) >= 11 is 0. The Hall–Kier alpha value is -2.04. The molecule has 1 atom stereocenters. The van der Waals surface area contributed by atoms with E-state index in [1.165, 1.54) is 12.1 Å². The third-order valence-corrected chi connectivity index (χ3v) is 3.50. The lowest BCUT2D eigenvalue weighted by atomic mass is 10.1. The van der Waals surface area contributed by atoms with Crippen molar-refractivity contribution in [3.05, 3.63) is 23.8 Å². The molecule has 1 aromatic carbocycles. The molecular formula is C14H18N2O3. The number of carboxylic acids is 1. The van der Waals surface area contributed by atoms with E-state index in [0.717, 1.165) is 0 Å². The van der Waals surface area contributed by atoms with Gasteiger partial charge in [0, 0.05) is 13.1 Å². The highest BCUT2D eigenvalue weighted by atomic mass is 16.4. The Morgan fingerprint density at radius 3 is 2.63 bits per heavy atom. The highest BCUT2D eigenvalue weighted by Gasteiger charge is 2.19. The van der Waals surface area contributed by atoms with E-state index in [-0.39, 0.29) is 11.6 Å². The van der Waals surface area contributed by atoms with Gasteiger partial charge in [-0.3, -0.25) is 0 Å². The number of benzene rings is 1. The van der Waals surface area contributed by atoms with Gasteiger partial charge in [-0.15, -0.1) is 0 Å². The van der Waals surface area contributed by atoms with E-state index in [1.807, 2.05) is 11.9 Å². The van der Waals surface area contributed by atoms with Crippen LogP contribution in [0.3, 0.4) is 0 Å². The van der Waals surface area contributed by atoms with E-state index in [2.05, 4.69) is 25.8 Å². The van der Waals surface area contributed by atoms with Gasteiger partial charge in [-0.2, -0.15) is 4.98 Å². The molecular weight excluding hydrogens is 244 g/mol. The number of aromatic carboxylic acids is 1. The zero-order valence-corrected chi connectivity index (χ0v) is 11.5. The number of hydrogen-bond donors (Lipinski definition) is 1. The molecule has 2 aromatic rings. The van der Waals surface area contributed by atoms with Gasteiger partial charge >= 0.3 is 5.97 Å². The van der Waals surface area contributed by atoms with Gasteiger partial charge in [0.25, 0.3) is 6.01 Å². The molecule has 2 rings (SSSR count). The van der Waals surface area contributed by atoms with Crippen LogP contribution in [0.2, 0.25) is 0 Å². The molecule has 0 saturated heterocycles. The minimum atomic E-state index is -0.969. The van der Waals surface area contributed by atoms with Crippen LogP contribution in [-0.2, 0) is 0 Å². The Labute approximate surface area is 111 Å². The van der Waals surface area contributed by atoms with Gasteiger partial charge in [0.05, 0.1) is 5.56 Å². The minimum Gasteiger partial charge on any atom is -0.478 e. The fraction of sp³-hybridized carbons (Fsp3) is 0.429. The predicted molar refractivity (Wildman–Crippen MR) is 73.7 cm³/mol. The molecule has 0 radical (unpaired) electrons. The molecule has 0 spiro atoms. The fourth-order valence-electron chi connectivity index (χ4n) is 1.82. The molecule has 19 heavy (non-hydrogen) atoms. The van der Waals surface area contributed by atoms with Crippen LogP contribution in [0.4, 0.5) is 6.01 Å². The number of carbonyl (C=O) groups is 1. The summed E-state index contributed by atoms with van der Waals surface area (Å²) in [6.07, 6.45) is 0. The lowest BCUT2D eigenvalue weighted by Gasteiger charge is -2.26. The number of rotatable bonds is 4. The van der Waals surface area contributed by atoms with Gasteiger partial charge in [-0.25, -0.2) is 4.79 Å². The van der Waals surface area contributed by atoms with Gasteiger partial charge in [0.15, 0.2) is 5.58 Å². The lowest BCUT2D eigenvalue weighted by molar-refractivity contribution is 0.0697. The topological polar surface area (TPSA) is 66.6 Å². The Kier molecular flexibility index (Phi) is 3.46. The predicted octanol–water partition coefficient (Wildman–Crippen LogP) is 3.01. The monoisotopic (exact) mass is 262 g/mol. The third-order valence-electron chi connectivity index (χ3n) is 3.50. The first-order valence-electron chi connectivity index (χ1n) is 6.27. The standard InChI is InChI=1S/C14H18N2O3/c1-8(2)9(3)16(4)14-15-11-6-5-10(13(17)18)7-12(11)19-14/h5-9H,1-4H3,(H,17,18). The second-order valence-corrected chi connectivity index (χ2v) is 5.08. The molecule has 1 heterocycles. The smallest absolute Gasteiger partial charge is 0.335 e. The average molecular weight is 262 g/mol. The van der Waals surface area contributed by atoms with Crippen molar-refractivity contribution in [3.8, 4) is 0 Å². The van der Waals surface area contributed by atoms with E-state index in [4.69, 9.17) is 9.52 Å². The van der Waals surface area contributed by atoms with Crippen LogP contribution in [0, 0.1) is 5.92 Å². The molecule has 102 valence electrons. The van der Waals surface area contributed by atoms with Gasteiger partial charge in [0.2, 0.25) is 0 Å². The number of oxazole rings is 1. The summed E-state index contributed by atoms with van der Waals surface area (Å²) in [6, 6.07) is 5.50. The van der Waals surface area contributed by atoms with Crippen molar-refractivity contribution in [2.45, 2.75) is 26.8 Å². The van der Waals surface area contributed by atoms with Crippen LogP contribution >= 0.6 is 0 Å². The number of fused-ring (bicyclic) bond motifs is 1. The van der Waals surface area contributed by atoms with Gasteiger partial charge in [-0.05, 0) is 31.0 Å². The molecule has 5 nitrogen and oxygen atoms in total. The van der Waals surface area contributed by atoms with E-state index in [0.29, 0.717) is 23.0 Å². The summed E-state index contributed by atoms with van der Waals surface area (Å²) < 4.78 is 5.64. The third kappa shape index (κ3) is 2.54. The second-order valence-electron chi connectivity index (χ2n) is 5.08. The number of aromatic nitrogens is 1. The van der Waals surface area contributed by atoms with E-state index in [9.17, 15) is 4.79 Å². The van der Waals surface area contributed by atoms with Crippen molar-refractivity contribution in [2.75, 3.05) is 11.9 Å². The van der Waals surface area contributed by atoms with Crippen molar-refractivity contribution in [2.24, 2.45) is 5.92 Å². The van der Waals surface area contributed by atoms with E-state index in [1.54, 1.807) is 6.07 Å². The maximum absolute atomic E-state index is 10.9. The van der Waals surface area contributed by atoms with Crippen molar-refractivity contribution in [1.82, 2.24) is 4.98 Å². The Morgan fingerprint density at radius 1 is 1.37 bits per heavy atom. The van der Waals surface area contributed by atoms with Crippen LogP contribution < -0.4 is 4.90 Å². The van der Waals surface area contributed by atoms with Crippen molar-refractivity contribution < 1.29 is 14.3 Å². The summed E-state index contributed by atoms with van der Waals surface area (Å²) in [5.41, 5.74) is 1.37. The molecule has 0 amide bonds. The van der Waals surface area contributed by atoms with Gasteiger partial charge < -0.3 is 14.4 Å². The average Bonchev–Trinajstić information content (AvgIpc) is 2.79. The Balaban J connectivity index is 2.38. The SMILES string of the molecule is CC(C)C(C)N(C)c1nc2ccc(C(=O)O)cc2o1. The first kappa shape index (κ1) is 13.4. The molecule has 0 aliphatic heterocycles. The van der Waals surface area contributed by atoms with Crippen molar-refractivity contribution >= 4 is 23.1 Å². The minimum absolute atomic E-state index is 0.203. The number of nitrogens with zero attached hydrogens (tertiary/aromatic N) is 2. The van der Waals surface area contributed by atoms with Gasteiger partial charge in [0.1, 0.15) is 5.52 Å². The highest BCUT2D eigenvalue weighted by Crippen LogP contribution is 2.24. The molecule has 0 saturated carbocycles. The zero-order valence-electron chi connectivity index (χ0n) is 11.5. The molecule has 0 aliphatic rings. The molecule has 0 fully saturated rings. The molecule has 0 aliphatic carbocycles. The Morgan fingerprint density at radius 2 is 2.05 bits per heavy atom. The number of hydrogen-bond acceptors (Lipinski definition) is 4. The summed E-state index contributed by atoms with van der Waals surface area (Å²) in [4.78, 5) is 17.3. The van der Waals surface area contributed by atoms with E-state index < -0.39 is 5.97 Å². The first-order chi connectivity index (χ1) is 8.90. The number of carboxylic acid groups (broad SMARTS) is 1. The highest BCUT2D eigenvalue weighted by molar-refractivity contribution is 5.92. The van der Waals surface area contributed by atoms with Crippen molar-refractivity contribution in [3.63, 3.8) is 0 Å². The summed E-state index contributed by atoms with van der Waals surface area (Å²) in [5, 5.41) is 8.95. The Bertz CT molecular complexity index is 604. The lowest BCUT2D eigenvalue weighted by Crippen LogP contribution is -2.33. The normalized spacial score (nSPS) is 12.9. The van der Waals surface area contributed by atoms with Crippen LogP contribution in [0.25, 0.3) is 11.1 Å². The van der Waals surface area contributed by atoms with Crippen LogP contribution in [-0.4, -0.2) is 29.1 Å². The van der Waals surface area contributed by atoms with Crippen molar-refractivity contribution in [1.29, 1.82) is 0 Å². The quantitative estimate of drug-likeness (QED) is 0.917. The second kappa shape index (κ2) is 4.91. The molecule has 1 N–H and O–H groups in total. The molecule has 5 heteroatoms. The molecule has 1 unspecified atom stereocenters. The summed E-state index contributed by atoms with van der Waals surface area (Å²) in [5.74, 6) is -0.502. The maximum atomic E-state index is 10.9. The van der Waals surface area contributed by atoms with Crippen LogP contribution in [0.15, 0.2) is 22.6 Å². The summed E-state index contributed by atoms with van der Waals surface area (Å²) in [6.45, 7) is 6.36. The fourth-order valence-corrected chi connectivity index (χ4v) is 1.82. The van der Waals surface area contributed by atoms with Crippen LogP contribution in [0.5, 0.6) is 0 Å². The van der Waals surface area contributed by atoms with Gasteiger partial charge in [-0.1, -0.05) is 13.8 Å². The van der Waals surface area contributed by atoms with E-state index >= 15 is 0 Å². The molecule has 0 bridgehead atoms. The first-order valence-corrected chi connectivity index (χ1v) is 6.27. The van der Waals surface area contributed by atoms with Crippen LogP contribution in [0.1, 0.15) is 31.1 Å². The maximum Gasteiger partial charge on any atom is 0.335 e. The zero-order chi connectivity index (χ0) is 14.2. The summed E-state index contributed by atoms with van der Waals surface area (Å²) in [7, 11) is 1.92.